The maximum absolute atomic E-state index is 12.3. The number of fused-ring (bicyclic) bond motifs is 1. The number of thioether (sulfide) groups is 1. The van der Waals surface area contributed by atoms with Gasteiger partial charge in [-0.05, 0) is 36.1 Å². The van der Waals surface area contributed by atoms with Gasteiger partial charge in [0, 0.05) is 22.8 Å². The van der Waals surface area contributed by atoms with Crippen LogP contribution in [0, 0.1) is 0 Å². The fraction of sp³-hybridized carbons (Fsp3) is 0.158. The average Bonchev–Trinajstić information content (AvgIpc) is 2.95. The quantitative estimate of drug-likeness (QED) is 0.533. The van der Waals surface area contributed by atoms with Crippen molar-refractivity contribution in [1.82, 2.24) is 4.57 Å². The lowest BCUT2D eigenvalue weighted by Gasteiger charge is -2.03. The van der Waals surface area contributed by atoms with Crippen molar-refractivity contribution in [2.45, 2.75) is 6.54 Å². The molecule has 0 aliphatic carbocycles. The number of halogens is 1. The van der Waals surface area contributed by atoms with E-state index < -0.39 is 0 Å². The molecule has 25 heavy (non-hydrogen) atoms. The lowest BCUT2D eigenvalue weighted by atomic mass is 10.2. The van der Waals surface area contributed by atoms with Crippen molar-refractivity contribution in [1.29, 1.82) is 0 Å². The zero-order chi connectivity index (χ0) is 17.6. The Morgan fingerprint density at radius 1 is 1.28 bits per heavy atom. The maximum Gasteiger partial charge on any atom is 0.272 e. The summed E-state index contributed by atoms with van der Waals surface area (Å²) in [5, 5.41) is 0. The molecule has 3 nitrogen and oxygen atoms in total. The van der Waals surface area contributed by atoms with E-state index in [1.165, 1.54) is 6.08 Å². The van der Waals surface area contributed by atoms with E-state index in [9.17, 15) is 4.79 Å². The van der Waals surface area contributed by atoms with Gasteiger partial charge in [0.1, 0.15) is 0 Å². The van der Waals surface area contributed by atoms with Gasteiger partial charge in [0.2, 0.25) is 0 Å². The van der Waals surface area contributed by atoms with Gasteiger partial charge in [-0.25, -0.2) is 0 Å². The number of amides is 1. The number of carbonyl (C=O) groups excluding carboxylic acids is 1. The topological polar surface area (TPSA) is 34.4 Å². The van der Waals surface area contributed by atoms with Crippen LogP contribution in [-0.4, -0.2) is 22.5 Å². The molecule has 1 heterocycles. The average molecular weight is 433 g/mol. The van der Waals surface area contributed by atoms with Crippen LogP contribution >= 0.6 is 39.0 Å². The fourth-order valence-electron chi connectivity index (χ4n) is 2.39. The first-order valence-electron chi connectivity index (χ1n) is 7.77. The Morgan fingerprint density at radius 3 is 2.84 bits per heavy atom. The zero-order valence-electron chi connectivity index (χ0n) is 13.7. The highest BCUT2D eigenvalue weighted by molar-refractivity contribution is 9.10. The molecule has 0 unspecified atom stereocenters. The van der Waals surface area contributed by atoms with Crippen LogP contribution in [0.3, 0.4) is 0 Å². The van der Waals surface area contributed by atoms with Gasteiger partial charge in [0.05, 0.1) is 10.2 Å². The Bertz CT molecular complexity index is 974. The molecule has 6 heteroatoms. The van der Waals surface area contributed by atoms with Crippen LogP contribution < -0.4 is 4.80 Å². The van der Waals surface area contributed by atoms with Crippen molar-refractivity contribution in [3.8, 4) is 0 Å². The van der Waals surface area contributed by atoms with Crippen molar-refractivity contribution in [3.63, 3.8) is 0 Å². The van der Waals surface area contributed by atoms with Gasteiger partial charge in [-0.15, -0.1) is 0 Å². The van der Waals surface area contributed by atoms with E-state index in [1.54, 1.807) is 29.2 Å². The first-order chi connectivity index (χ1) is 12.2. The van der Waals surface area contributed by atoms with E-state index in [0.717, 1.165) is 37.4 Å². The van der Waals surface area contributed by atoms with Gasteiger partial charge in [0.15, 0.2) is 4.80 Å². The third-order valence-corrected chi connectivity index (χ3v) is 5.71. The van der Waals surface area contributed by atoms with Gasteiger partial charge >= 0.3 is 0 Å². The Labute approximate surface area is 163 Å². The van der Waals surface area contributed by atoms with Crippen LogP contribution in [0.4, 0.5) is 0 Å². The number of carbonyl (C=O) groups is 1. The Morgan fingerprint density at radius 2 is 2.08 bits per heavy atom. The van der Waals surface area contributed by atoms with Crippen LogP contribution in [0.5, 0.6) is 0 Å². The fourth-order valence-corrected chi connectivity index (χ4v) is 4.37. The molecular weight excluding hydrogens is 416 g/mol. The number of benzene rings is 2. The summed E-state index contributed by atoms with van der Waals surface area (Å²) in [7, 11) is 0. The van der Waals surface area contributed by atoms with Crippen LogP contribution in [-0.2, 0) is 11.3 Å². The molecule has 0 N–H and O–H groups in total. The normalized spacial score (nSPS) is 12.3. The predicted octanol–water partition coefficient (Wildman–Crippen LogP) is 4.97. The highest BCUT2D eigenvalue weighted by atomic mass is 79.9. The van der Waals surface area contributed by atoms with Crippen molar-refractivity contribution in [3.05, 3.63) is 69.4 Å². The van der Waals surface area contributed by atoms with E-state index in [2.05, 4.69) is 43.9 Å². The molecule has 3 aromatic rings. The number of thiazole rings is 1. The van der Waals surface area contributed by atoms with Crippen LogP contribution in [0.25, 0.3) is 16.3 Å². The molecule has 0 bridgehead atoms. The Hall–Kier alpha value is -1.63. The number of nitrogens with zero attached hydrogens (tertiary/aromatic N) is 2. The number of hydrogen-bond acceptors (Lipinski definition) is 3. The van der Waals surface area contributed by atoms with E-state index in [0.29, 0.717) is 0 Å². The number of hydrogen-bond donors (Lipinski definition) is 0. The smallest absolute Gasteiger partial charge is 0.272 e. The zero-order valence-corrected chi connectivity index (χ0v) is 16.9. The summed E-state index contributed by atoms with van der Waals surface area (Å²) in [5.41, 5.74) is 2.10. The third-order valence-electron chi connectivity index (χ3n) is 3.59. The molecule has 0 spiro atoms. The van der Waals surface area contributed by atoms with E-state index in [1.807, 2.05) is 36.4 Å². The first kappa shape index (κ1) is 18.2. The number of aromatic nitrogens is 1. The first-order valence-corrected chi connectivity index (χ1v) is 10.8. The second kappa shape index (κ2) is 8.65. The van der Waals surface area contributed by atoms with Gasteiger partial charge in [-0.2, -0.15) is 16.8 Å². The molecule has 0 atom stereocenters. The molecule has 0 fully saturated rings. The van der Waals surface area contributed by atoms with Crippen molar-refractivity contribution < 1.29 is 4.79 Å². The lowest BCUT2D eigenvalue weighted by molar-refractivity contribution is -0.113. The molecule has 0 aliphatic heterocycles. The minimum absolute atomic E-state index is 0.243. The Kier molecular flexibility index (Phi) is 6.29. The maximum atomic E-state index is 12.3. The molecular formula is C19H17BrN2OS2. The summed E-state index contributed by atoms with van der Waals surface area (Å²) in [5.74, 6) is 0.732. The molecule has 0 saturated heterocycles. The van der Waals surface area contributed by atoms with Crippen LogP contribution in [0.1, 0.15) is 5.56 Å². The molecule has 0 aliphatic rings. The van der Waals surface area contributed by atoms with E-state index in [4.69, 9.17) is 0 Å². The van der Waals surface area contributed by atoms with Crippen LogP contribution in [0.15, 0.2) is 64.1 Å². The van der Waals surface area contributed by atoms with Gasteiger partial charge in [0.25, 0.3) is 5.91 Å². The highest BCUT2D eigenvalue weighted by Gasteiger charge is 2.07. The summed E-state index contributed by atoms with van der Waals surface area (Å²) in [6.45, 7) is 0.831. The molecule has 128 valence electrons. The van der Waals surface area contributed by atoms with Crippen molar-refractivity contribution >= 4 is 61.2 Å². The van der Waals surface area contributed by atoms with Gasteiger partial charge in [-0.1, -0.05) is 57.6 Å². The van der Waals surface area contributed by atoms with Crippen LogP contribution in [0.2, 0.25) is 0 Å². The minimum Gasteiger partial charge on any atom is -0.316 e. The van der Waals surface area contributed by atoms with Gasteiger partial charge in [-0.3, -0.25) is 4.79 Å². The number of rotatable bonds is 5. The molecule has 2 aromatic carbocycles. The second-order valence-electron chi connectivity index (χ2n) is 5.34. The second-order valence-corrected chi connectivity index (χ2v) is 8.25. The van der Waals surface area contributed by atoms with Crippen molar-refractivity contribution in [2.75, 3.05) is 12.0 Å². The molecule has 0 radical (unpaired) electrons. The van der Waals surface area contributed by atoms with E-state index in [-0.39, 0.29) is 5.91 Å². The molecule has 0 saturated carbocycles. The summed E-state index contributed by atoms with van der Waals surface area (Å²) in [6, 6.07) is 15.9. The highest BCUT2D eigenvalue weighted by Crippen LogP contribution is 2.22. The van der Waals surface area contributed by atoms with Gasteiger partial charge < -0.3 is 4.57 Å². The SMILES string of the molecule is CSCCn1c(=NC(=O)/C=C/c2ccccc2)sc2cc(Br)ccc21. The molecule has 3 rings (SSSR count). The Balaban J connectivity index is 1.96. The summed E-state index contributed by atoms with van der Waals surface area (Å²) >= 11 is 6.83. The summed E-state index contributed by atoms with van der Waals surface area (Å²) in [6.07, 6.45) is 5.40. The standard InChI is InChI=1S/C19H17BrN2OS2/c1-24-12-11-22-16-9-8-15(20)13-17(16)25-19(22)21-18(23)10-7-14-5-3-2-4-6-14/h2-10,13H,11-12H2,1H3/b10-7+,21-19?. The third kappa shape index (κ3) is 4.71. The summed E-state index contributed by atoms with van der Waals surface area (Å²) < 4.78 is 4.27. The predicted molar refractivity (Wildman–Crippen MR) is 112 cm³/mol. The van der Waals surface area contributed by atoms with E-state index >= 15 is 0 Å². The summed E-state index contributed by atoms with van der Waals surface area (Å²) in [4.78, 5) is 17.3. The largest absolute Gasteiger partial charge is 0.316 e. The van der Waals surface area contributed by atoms with Crippen molar-refractivity contribution in [2.24, 2.45) is 4.99 Å². The molecule has 1 aromatic heterocycles. The molecule has 1 amide bonds. The lowest BCUT2D eigenvalue weighted by Crippen LogP contribution is -2.17. The monoisotopic (exact) mass is 432 g/mol. The number of aryl methyl sites for hydroxylation is 1. The minimum atomic E-state index is -0.243.